The van der Waals surface area contributed by atoms with Crippen molar-refractivity contribution in [3.63, 3.8) is 0 Å². The Bertz CT molecular complexity index is 1140. The van der Waals surface area contributed by atoms with Crippen molar-refractivity contribution in [3.8, 4) is 11.4 Å². The molecule has 0 aliphatic heterocycles. The summed E-state index contributed by atoms with van der Waals surface area (Å²) in [5.74, 6) is 0.271. The van der Waals surface area contributed by atoms with Gasteiger partial charge in [-0.1, -0.05) is 72.4 Å². The summed E-state index contributed by atoms with van der Waals surface area (Å²) in [5.41, 5.74) is 2.55. The molecule has 0 spiro atoms. The molecule has 0 atom stereocenters. The molecule has 4 nitrogen and oxygen atoms in total. The van der Waals surface area contributed by atoms with Gasteiger partial charge in [0.05, 0.1) is 11.3 Å². The fraction of sp³-hybridized carbons (Fsp3) is 0.0870. The Morgan fingerprint density at radius 2 is 1.66 bits per heavy atom. The van der Waals surface area contributed by atoms with E-state index >= 15 is 0 Å². The van der Waals surface area contributed by atoms with Crippen LogP contribution in [0.4, 0.5) is 4.39 Å². The summed E-state index contributed by atoms with van der Waals surface area (Å²) in [5, 5.41) is 4.09. The molecule has 0 aliphatic rings. The van der Waals surface area contributed by atoms with Crippen LogP contribution in [-0.4, -0.2) is 21.6 Å². The highest BCUT2D eigenvalue weighted by Crippen LogP contribution is 2.29. The van der Waals surface area contributed by atoms with Crippen LogP contribution >= 0.6 is 11.8 Å². The van der Waals surface area contributed by atoms with Crippen LogP contribution in [0, 0.1) is 5.82 Å². The third-order valence-corrected chi connectivity index (χ3v) is 5.32. The lowest BCUT2D eigenvalue weighted by molar-refractivity contribution is -0.118. The molecule has 0 saturated heterocycles. The van der Waals surface area contributed by atoms with Crippen molar-refractivity contribution >= 4 is 28.6 Å². The maximum absolute atomic E-state index is 13.8. The van der Waals surface area contributed by atoms with Crippen LogP contribution in [0.2, 0.25) is 0 Å². The van der Waals surface area contributed by atoms with Crippen LogP contribution in [0.25, 0.3) is 22.3 Å². The van der Waals surface area contributed by atoms with Gasteiger partial charge in [-0.25, -0.2) is 14.4 Å². The summed E-state index contributed by atoms with van der Waals surface area (Å²) in [6.07, 6.45) is 0. The molecule has 0 bridgehead atoms. The first-order valence-electron chi connectivity index (χ1n) is 9.15. The molecular weight excluding hydrogens is 385 g/mol. The Hall–Kier alpha value is -3.25. The van der Waals surface area contributed by atoms with E-state index in [1.54, 1.807) is 6.07 Å². The van der Waals surface area contributed by atoms with Gasteiger partial charge in [0.25, 0.3) is 0 Å². The van der Waals surface area contributed by atoms with Crippen LogP contribution in [0.1, 0.15) is 5.56 Å². The van der Waals surface area contributed by atoms with Crippen molar-refractivity contribution in [2.45, 2.75) is 11.6 Å². The van der Waals surface area contributed by atoms with E-state index < -0.39 is 0 Å². The number of nitrogens with one attached hydrogen (secondary N) is 1. The summed E-state index contributed by atoms with van der Waals surface area (Å²) >= 11 is 1.28. The first-order valence-corrected chi connectivity index (χ1v) is 10.1. The fourth-order valence-corrected chi connectivity index (χ4v) is 3.72. The molecule has 3 aromatic carbocycles. The molecule has 1 amide bonds. The molecule has 4 aromatic rings. The quantitative estimate of drug-likeness (QED) is 0.370. The van der Waals surface area contributed by atoms with Crippen molar-refractivity contribution < 1.29 is 9.18 Å². The van der Waals surface area contributed by atoms with Crippen molar-refractivity contribution in [3.05, 3.63) is 90.2 Å². The van der Waals surface area contributed by atoms with Gasteiger partial charge < -0.3 is 5.32 Å². The average molecular weight is 403 g/mol. The highest BCUT2D eigenvalue weighted by Gasteiger charge is 2.13. The number of halogens is 1. The molecule has 0 unspecified atom stereocenters. The Morgan fingerprint density at radius 1 is 0.931 bits per heavy atom. The zero-order chi connectivity index (χ0) is 20.1. The van der Waals surface area contributed by atoms with Gasteiger partial charge in [-0.05, 0) is 23.8 Å². The standard InChI is InChI=1S/C23H18FN3OS/c24-18-11-12-20-19(13-18)23(27-22(26-20)17-9-5-2-6-10-17)29-15-21(28)25-14-16-7-3-1-4-8-16/h1-13H,14-15H2,(H,25,28). The molecule has 0 radical (unpaired) electrons. The number of carbonyl (C=O) groups excluding carboxylic acids is 1. The zero-order valence-corrected chi connectivity index (χ0v) is 16.3. The first-order chi connectivity index (χ1) is 14.2. The minimum Gasteiger partial charge on any atom is -0.351 e. The second kappa shape index (κ2) is 8.84. The smallest absolute Gasteiger partial charge is 0.230 e. The lowest BCUT2D eigenvalue weighted by Crippen LogP contribution is -2.24. The van der Waals surface area contributed by atoms with Gasteiger partial charge in [-0.15, -0.1) is 0 Å². The number of carbonyl (C=O) groups is 1. The SMILES string of the molecule is O=C(CSc1nc(-c2ccccc2)nc2ccc(F)cc12)NCc1ccccc1. The fourth-order valence-electron chi connectivity index (χ4n) is 2.88. The molecule has 0 aliphatic carbocycles. The highest BCUT2D eigenvalue weighted by atomic mass is 32.2. The first kappa shape index (κ1) is 19.1. The number of fused-ring (bicyclic) bond motifs is 1. The highest BCUT2D eigenvalue weighted by molar-refractivity contribution is 8.00. The third kappa shape index (κ3) is 4.78. The Kier molecular flexibility index (Phi) is 5.81. The van der Waals surface area contributed by atoms with Crippen molar-refractivity contribution in [2.24, 2.45) is 0 Å². The van der Waals surface area contributed by atoms with Crippen LogP contribution in [0.5, 0.6) is 0 Å². The minimum atomic E-state index is -0.357. The number of amides is 1. The van der Waals surface area contributed by atoms with E-state index in [0.717, 1.165) is 11.1 Å². The van der Waals surface area contributed by atoms with E-state index in [0.29, 0.717) is 28.3 Å². The maximum atomic E-state index is 13.8. The Labute approximate surface area is 172 Å². The van der Waals surface area contributed by atoms with Gasteiger partial charge in [-0.2, -0.15) is 0 Å². The van der Waals surface area contributed by atoms with E-state index in [9.17, 15) is 9.18 Å². The zero-order valence-electron chi connectivity index (χ0n) is 15.5. The number of benzene rings is 3. The van der Waals surface area contributed by atoms with Crippen molar-refractivity contribution in [1.29, 1.82) is 0 Å². The van der Waals surface area contributed by atoms with Gasteiger partial charge in [0.15, 0.2) is 5.82 Å². The number of hydrogen-bond donors (Lipinski definition) is 1. The molecule has 1 aromatic heterocycles. The summed E-state index contributed by atoms with van der Waals surface area (Å²) in [4.78, 5) is 21.5. The van der Waals surface area contributed by atoms with Crippen LogP contribution in [0.15, 0.2) is 83.9 Å². The van der Waals surface area contributed by atoms with E-state index in [2.05, 4.69) is 15.3 Å². The summed E-state index contributed by atoms with van der Waals surface area (Å²) in [7, 11) is 0. The molecule has 4 rings (SSSR count). The summed E-state index contributed by atoms with van der Waals surface area (Å²) in [6, 6.07) is 23.7. The molecule has 0 fully saturated rings. The van der Waals surface area contributed by atoms with Crippen molar-refractivity contribution in [2.75, 3.05) is 5.75 Å². The number of thioether (sulfide) groups is 1. The Balaban J connectivity index is 1.55. The normalized spacial score (nSPS) is 10.8. The number of hydrogen-bond acceptors (Lipinski definition) is 4. The lowest BCUT2D eigenvalue weighted by atomic mass is 10.2. The van der Waals surface area contributed by atoms with Gasteiger partial charge in [0.1, 0.15) is 10.8 Å². The van der Waals surface area contributed by atoms with E-state index in [1.165, 1.54) is 23.9 Å². The summed E-state index contributed by atoms with van der Waals surface area (Å²) < 4.78 is 13.8. The molecule has 1 heterocycles. The number of nitrogens with zero attached hydrogens (tertiary/aromatic N) is 2. The van der Waals surface area contributed by atoms with E-state index in [1.807, 2.05) is 60.7 Å². The second-order valence-corrected chi connectivity index (χ2v) is 7.39. The largest absolute Gasteiger partial charge is 0.351 e. The van der Waals surface area contributed by atoms with Crippen molar-refractivity contribution in [1.82, 2.24) is 15.3 Å². The summed E-state index contributed by atoms with van der Waals surface area (Å²) in [6.45, 7) is 0.467. The number of rotatable bonds is 6. The third-order valence-electron chi connectivity index (χ3n) is 4.33. The lowest BCUT2D eigenvalue weighted by Gasteiger charge is -2.09. The second-order valence-electron chi connectivity index (χ2n) is 6.43. The predicted octanol–water partition coefficient (Wildman–Crippen LogP) is 4.84. The van der Waals surface area contributed by atoms with Gasteiger partial charge >= 0.3 is 0 Å². The topological polar surface area (TPSA) is 54.9 Å². The maximum Gasteiger partial charge on any atom is 0.230 e. The van der Waals surface area contributed by atoms with Crippen LogP contribution in [0.3, 0.4) is 0 Å². The average Bonchev–Trinajstić information content (AvgIpc) is 2.77. The Morgan fingerprint density at radius 3 is 2.41 bits per heavy atom. The minimum absolute atomic E-state index is 0.108. The van der Waals surface area contributed by atoms with Crippen LogP contribution < -0.4 is 5.32 Å². The van der Waals surface area contributed by atoms with Gasteiger partial charge in [0, 0.05) is 17.5 Å². The molecule has 0 saturated carbocycles. The molecule has 144 valence electrons. The van der Waals surface area contributed by atoms with E-state index in [-0.39, 0.29) is 17.5 Å². The molecule has 6 heteroatoms. The molecule has 29 heavy (non-hydrogen) atoms. The van der Waals surface area contributed by atoms with Gasteiger partial charge in [0.2, 0.25) is 5.91 Å². The molecular formula is C23H18FN3OS. The van der Waals surface area contributed by atoms with Gasteiger partial charge in [-0.3, -0.25) is 4.79 Å². The monoisotopic (exact) mass is 403 g/mol. The number of aromatic nitrogens is 2. The van der Waals surface area contributed by atoms with E-state index in [4.69, 9.17) is 0 Å². The molecule has 1 N–H and O–H groups in total. The predicted molar refractivity (Wildman–Crippen MR) is 114 cm³/mol. The van der Waals surface area contributed by atoms with Crippen LogP contribution in [-0.2, 0) is 11.3 Å².